The molecular weight excluding hydrogens is 195 g/mol. The third-order valence-corrected chi connectivity index (χ3v) is 2.48. The monoisotopic (exact) mass is 208 g/mol. The molecule has 2 N–H and O–H groups in total. The number of hydrogen-bond acceptors (Lipinski definition) is 2. The third-order valence-electron chi connectivity index (χ3n) is 2.48. The minimum absolute atomic E-state index is 0.0552. The van der Waals surface area contributed by atoms with Crippen LogP contribution in [0.5, 0.6) is 0 Å². The van der Waals surface area contributed by atoms with E-state index >= 15 is 0 Å². The molecule has 0 spiro atoms. The van der Waals surface area contributed by atoms with Crippen molar-refractivity contribution in [3.05, 3.63) is 35.6 Å². The number of hydrogen-bond donors (Lipinski definition) is 2. The molecule has 1 fully saturated rings. The van der Waals surface area contributed by atoms with Crippen LogP contribution in [0.2, 0.25) is 0 Å². The maximum atomic E-state index is 12.7. The molecular formula is C11H13FN2O. The van der Waals surface area contributed by atoms with Gasteiger partial charge in [0, 0.05) is 12.6 Å². The summed E-state index contributed by atoms with van der Waals surface area (Å²) in [7, 11) is 0. The van der Waals surface area contributed by atoms with Gasteiger partial charge in [-0.3, -0.25) is 4.79 Å². The molecule has 1 aromatic rings. The molecule has 0 aromatic heterocycles. The van der Waals surface area contributed by atoms with Crippen molar-refractivity contribution in [2.45, 2.75) is 19.0 Å². The van der Waals surface area contributed by atoms with Crippen molar-refractivity contribution >= 4 is 5.91 Å². The highest BCUT2D eigenvalue weighted by atomic mass is 19.1. The second-order valence-electron chi connectivity index (χ2n) is 3.80. The molecule has 2 atom stereocenters. The van der Waals surface area contributed by atoms with Gasteiger partial charge in [-0.2, -0.15) is 0 Å². The molecule has 0 unspecified atom stereocenters. The average molecular weight is 208 g/mol. The van der Waals surface area contributed by atoms with Crippen molar-refractivity contribution in [1.29, 1.82) is 0 Å². The third kappa shape index (κ3) is 2.15. The second kappa shape index (κ2) is 3.98. The van der Waals surface area contributed by atoms with Gasteiger partial charge in [-0.15, -0.1) is 0 Å². The zero-order valence-electron chi connectivity index (χ0n) is 8.46. The molecule has 1 aliphatic rings. The lowest BCUT2D eigenvalue weighted by molar-refractivity contribution is -0.125. The fourth-order valence-corrected chi connectivity index (χ4v) is 1.69. The van der Waals surface area contributed by atoms with Crippen molar-refractivity contribution in [2.24, 2.45) is 0 Å². The summed E-state index contributed by atoms with van der Waals surface area (Å²) in [5, 5.41) is 5.97. The number of carbonyl (C=O) groups excluding carboxylic acids is 1. The standard InChI is InChI=1S/C11H13FN2O/c1-7-6-13-10(11(15)14-7)8-2-4-9(12)5-3-8/h2-5,7,10,13H,6H2,1H3,(H,14,15)/t7-,10+/m0/s1. The Morgan fingerprint density at radius 1 is 1.33 bits per heavy atom. The summed E-state index contributed by atoms with van der Waals surface area (Å²) in [6.45, 7) is 2.67. The number of benzene rings is 1. The van der Waals surface area contributed by atoms with E-state index in [0.29, 0.717) is 0 Å². The van der Waals surface area contributed by atoms with Crippen LogP contribution in [0.3, 0.4) is 0 Å². The van der Waals surface area contributed by atoms with Gasteiger partial charge in [-0.05, 0) is 24.6 Å². The van der Waals surface area contributed by atoms with Crippen LogP contribution in [-0.4, -0.2) is 18.5 Å². The van der Waals surface area contributed by atoms with Crippen LogP contribution < -0.4 is 10.6 Å². The van der Waals surface area contributed by atoms with Gasteiger partial charge in [0.25, 0.3) is 0 Å². The molecule has 15 heavy (non-hydrogen) atoms. The number of piperazine rings is 1. The van der Waals surface area contributed by atoms with E-state index in [2.05, 4.69) is 10.6 Å². The Kier molecular flexibility index (Phi) is 2.68. The van der Waals surface area contributed by atoms with Crippen molar-refractivity contribution in [2.75, 3.05) is 6.54 Å². The summed E-state index contributed by atoms with van der Waals surface area (Å²) < 4.78 is 12.7. The Morgan fingerprint density at radius 3 is 2.60 bits per heavy atom. The average Bonchev–Trinajstić information content (AvgIpc) is 2.20. The first-order valence-corrected chi connectivity index (χ1v) is 4.96. The summed E-state index contributed by atoms with van der Waals surface area (Å²) in [6, 6.07) is 5.77. The molecule has 0 saturated carbocycles. The first kappa shape index (κ1) is 10.1. The number of carbonyl (C=O) groups is 1. The highest BCUT2D eigenvalue weighted by Gasteiger charge is 2.26. The summed E-state index contributed by atoms with van der Waals surface area (Å²) >= 11 is 0. The molecule has 1 saturated heterocycles. The van der Waals surface area contributed by atoms with Crippen LogP contribution in [0.4, 0.5) is 4.39 Å². The largest absolute Gasteiger partial charge is 0.351 e. The SMILES string of the molecule is C[C@H]1CN[C@H](c2ccc(F)cc2)C(=O)N1. The number of rotatable bonds is 1. The van der Waals surface area contributed by atoms with Crippen molar-refractivity contribution in [3.63, 3.8) is 0 Å². The zero-order chi connectivity index (χ0) is 10.8. The summed E-state index contributed by atoms with van der Waals surface area (Å²) in [4.78, 5) is 11.6. The molecule has 4 heteroatoms. The topological polar surface area (TPSA) is 41.1 Å². The summed E-state index contributed by atoms with van der Waals surface area (Å²) in [6.07, 6.45) is 0. The van der Waals surface area contributed by atoms with Gasteiger partial charge >= 0.3 is 0 Å². The maximum absolute atomic E-state index is 12.7. The molecule has 1 heterocycles. The Labute approximate surface area is 87.7 Å². The molecule has 0 radical (unpaired) electrons. The fraction of sp³-hybridized carbons (Fsp3) is 0.364. The van der Waals surface area contributed by atoms with E-state index in [1.165, 1.54) is 12.1 Å². The van der Waals surface area contributed by atoms with Gasteiger partial charge in [0.05, 0.1) is 0 Å². The van der Waals surface area contributed by atoms with Crippen LogP contribution in [0.15, 0.2) is 24.3 Å². The highest BCUT2D eigenvalue weighted by molar-refractivity contribution is 5.84. The molecule has 0 aliphatic carbocycles. The number of halogens is 1. The molecule has 0 bridgehead atoms. The number of amides is 1. The van der Waals surface area contributed by atoms with Crippen LogP contribution in [0.1, 0.15) is 18.5 Å². The smallest absolute Gasteiger partial charge is 0.241 e. The molecule has 1 aromatic carbocycles. The van der Waals surface area contributed by atoms with Gasteiger partial charge < -0.3 is 10.6 Å². The van der Waals surface area contributed by atoms with Gasteiger partial charge in [0.1, 0.15) is 11.9 Å². The molecule has 1 amide bonds. The highest BCUT2D eigenvalue weighted by Crippen LogP contribution is 2.16. The Balaban J connectivity index is 2.17. The van der Waals surface area contributed by atoms with Crippen LogP contribution >= 0.6 is 0 Å². The van der Waals surface area contributed by atoms with Crippen LogP contribution in [0, 0.1) is 5.82 Å². The van der Waals surface area contributed by atoms with Crippen molar-refractivity contribution in [1.82, 2.24) is 10.6 Å². The van der Waals surface area contributed by atoms with E-state index in [9.17, 15) is 9.18 Å². The van der Waals surface area contributed by atoms with Crippen molar-refractivity contribution in [3.8, 4) is 0 Å². The van der Waals surface area contributed by atoms with Gasteiger partial charge in [0.2, 0.25) is 5.91 Å². The van der Waals surface area contributed by atoms with E-state index in [4.69, 9.17) is 0 Å². The quantitative estimate of drug-likeness (QED) is 0.722. The zero-order valence-corrected chi connectivity index (χ0v) is 8.46. The predicted octanol–water partition coefficient (Wildman–Crippen LogP) is 0.975. The molecule has 1 aliphatic heterocycles. The fourth-order valence-electron chi connectivity index (χ4n) is 1.69. The van der Waals surface area contributed by atoms with E-state index in [1.54, 1.807) is 12.1 Å². The lowest BCUT2D eigenvalue weighted by atomic mass is 10.0. The van der Waals surface area contributed by atoms with E-state index in [1.807, 2.05) is 6.92 Å². The summed E-state index contributed by atoms with van der Waals surface area (Å²) in [5.74, 6) is -0.344. The second-order valence-corrected chi connectivity index (χ2v) is 3.80. The molecule has 80 valence electrons. The van der Waals surface area contributed by atoms with Gasteiger partial charge in [-0.1, -0.05) is 12.1 Å². The predicted molar refractivity (Wildman–Crippen MR) is 54.7 cm³/mol. The van der Waals surface area contributed by atoms with E-state index < -0.39 is 0 Å². The molecule has 3 nitrogen and oxygen atoms in total. The molecule has 2 rings (SSSR count). The lowest BCUT2D eigenvalue weighted by Crippen LogP contribution is -2.52. The first-order chi connectivity index (χ1) is 7.16. The Bertz CT molecular complexity index is 363. The first-order valence-electron chi connectivity index (χ1n) is 4.96. The van der Waals surface area contributed by atoms with Crippen LogP contribution in [-0.2, 0) is 4.79 Å². The number of nitrogens with one attached hydrogen (secondary N) is 2. The summed E-state index contributed by atoms with van der Waals surface area (Å²) in [5.41, 5.74) is 0.792. The minimum atomic E-state index is -0.359. The van der Waals surface area contributed by atoms with Gasteiger partial charge in [0.15, 0.2) is 0 Å². The van der Waals surface area contributed by atoms with Gasteiger partial charge in [-0.25, -0.2) is 4.39 Å². The maximum Gasteiger partial charge on any atom is 0.241 e. The Hall–Kier alpha value is -1.42. The van der Waals surface area contributed by atoms with Crippen molar-refractivity contribution < 1.29 is 9.18 Å². The van der Waals surface area contributed by atoms with Crippen LogP contribution in [0.25, 0.3) is 0 Å². The van der Waals surface area contributed by atoms with E-state index in [-0.39, 0.29) is 23.8 Å². The Morgan fingerprint density at radius 2 is 2.00 bits per heavy atom. The minimum Gasteiger partial charge on any atom is -0.351 e. The normalized spacial score (nSPS) is 26.1. The van der Waals surface area contributed by atoms with E-state index in [0.717, 1.165) is 12.1 Å². The lowest BCUT2D eigenvalue weighted by Gasteiger charge is -2.28.